The van der Waals surface area contributed by atoms with Crippen molar-refractivity contribution in [2.45, 2.75) is 6.10 Å². The van der Waals surface area contributed by atoms with Crippen LogP contribution in [-0.4, -0.2) is 16.9 Å². The number of nitrogens with one attached hydrogen (secondary N) is 1. The van der Waals surface area contributed by atoms with Crippen molar-refractivity contribution in [1.82, 2.24) is 0 Å². The predicted octanol–water partition coefficient (Wildman–Crippen LogP) is 2.13. The van der Waals surface area contributed by atoms with Crippen LogP contribution < -0.4 is 5.32 Å². The Hall–Kier alpha value is -1.84. The molecular formula is C14H15NO2. The lowest BCUT2D eigenvalue weighted by Gasteiger charge is -2.13. The minimum atomic E-state index is -0.642. The van der Waals surface area contributed by atoms with Crippen LogP contribution in [0.15, 0.2) is 54.6 Å². The molecule has 1 unspecified atom stereocenters. The summed E-state index contributed by atoms with van der Waals surface area (Å²) in [4.78, 5) is 0. The maximum absolute atomic E-state index is 10.2. The first-order valence-corrected chi connectivity index (χ1v) is 5.49. The molecule has 0 aromatic heterocycles. The van der Waals surface area contributed by atoms with E-state index in [-0.39, 0.29) is 6.73 Å². The van der Waals surface area contributed by atoms with Crippen molar-refractivity contribution >= 4 is 5.69 Å². The van der Waals surface area contributed by atoms with Gasteiger partial charge in [0, 0.05) is 5.69 Å². The van der Waals surface area contributed by atoms with Gasteiger partial charge in [-0.15, -0.1) is 0 Å². The van der Waals surface area contributed by atoms with Crippen LogP contribution in [0, 0.1) is 0 Å². The van der Waals surface area contributed by atoms with Crippen LogP contribution in [0.1, 0.15) is 17.2 Å². The largest absolute Gasteiger partial charge is 0.384 e. The molecule has 0 saturated heterocycles. The summed E-state index contributed by atoms with van der Waals surface area (Å²) in [7, 11) is 0. The SMILES string of the molecule is OCNc1cccc(C(O)c2ccccc2)c1. The molecule has 0 radical (unpaired) electrons. The number of hydrogen-bond acceptors (Lipinski definition) is 3. The molecule has 2 aromatic carbocycles. The molecule has 0 heterocycles. The van der Waals surface area contributed by atoms with E-state index < -0.39 is 6.10 Å². The summed E-state index contributed by atoms with van der Waals surface area (Å²) >= 11 is 0. The van der Waals surface area contributed by atoms with Crippen LogP contribution >= 0.6 is 0 Å². The average Bonchev–Trinajstić information content (AvgIpc) is 2.40. The van der Waals surface area contributed by atoms with E-state index in [0.29, 0.717) is 0 Å². The van der Waals surface area contributed by atoms with E-state index in [0.717, 1.165) is 16.8 Å². The zero-order valence-corrected chi connectivity index (χ0v) is 9.38. The molecule has 0 spiro atoms. The van der Waals surface area contributed by atoms with Crippen molar-refractivity contribution in [3.8, 4) is 0 Å². The van der Waals surface area contributed by atoms with Gasteiger partial charge in [-0.05, 0) is 23.3 Å². The lowest BCUT2D eigenvalue weighted by molar-refractivity contribution is 0.220. The van der Waals surface area contributed by atoms with E-state index >= 15 is 0 Å². The fourth-order valence-electron chi connectivity index (χ4n) is 1.74. The molecule has 88 valence electrons. The van der Waals surface area contributed by atoms with Gasteiger partial charge in [0.05, 0.1) is 0 Å². The van der Waals surface area contributed by atoms with Gasteiger partial charge in [-0.3, -0.25) is 0 Å². The quantitative estimate of drug-likeness (QED) is 0.704. The van der Waals surface area contributed by atoms with Crippen LogP contribution in [0.4, 0.5) is 5.69 Å². The Kier molecular flexibility index (Phi) is 3.75. The summed E-state index contributed by atoms with van der Waals surface area (Å²) in [6, 6.07) is 16.9. The molecule has 0 bridgehead atoms. The van der Waals surface area contributed by atoms with Gasteiger partial charge in [0.1, 0.15) is 12.8 Å². The number of aliphatic hydroxyl groups is 2. The number of rotatable bonds is 4. The Morgan fingerprint density at radius 1 is 0.941 bits per heavy atom. The molecule has 0 saturated carbocycles. The van der Waals surface area contributed by atoms with Crippen LogP contribution in [0.25, 0.3) is 0 Å². The van der Waals surface area contributed by atoms with Crippen molar-refractivity contribution in [3.63, 3.8) is 0 Å². The third-order valence-corrected chi connectivity index (χ3v) is 2.60. The summed E-state index contributed by atoms with van der Waals surface area (Å²) in [5, 5.41) is 21.8. The molecule has 0 aliphatic heterocycles. The van der Waals surface area contributed by atoms with E-state index in [2.05, 4.69) is 5.32 Å². The highest BCUT2D eigenvalue weighted by molar-refractivity contribution is 5.47. The molecule has 0 amide bonds. The topological polar surface area (TPSA) is 52.5 Å². The smallest absolute Gasteiger partial charge is 0.113 e. The van der Waals surface area contributed by atoms with E-state index in [4.69, 9.17) is 5.11 Å². The maximum Gasteiger partial charge on any atom is 0.113 e. The Morgan fingerprint density at radius 2 is 1.65 bits per heavy atom. The van der Waals surface area contributed by atoms with Gasteiger partial charge in [0.2, 0.25) is 0 Å². The van der Waals surface area contributed by atoms with Crippen LogP contribution in [0.3, 0.4) is 0 Å². The van der Waals surface area contributed by atoms with Gasteiger partial charge in [0.15, 0.2) is 0 Å². The summed E-state index contributed by atoms with van der Waals surface area (Å²) < 4.78 is 0. The third-order valence-electron chi connectivity index (χ3n) is 2.60. The highest BCUT2D eigenvalue weighted by Gasteiger charge is 2.09. The molecule has 3 heteroatoms. The monoisotopic (exact) mass is 229 g/mol. The molecular weight excluding hydrogens is 214 g/mol. The summed E-state index contributed by atoms with van der Waals surface area (Å²) in [6.07, 6.45) is -0.642. The second-order valence-electron chi connectivity index (χ2n) is 3.77. The second-order valence-corrected chi connectivity index (χ2v) is 3.77. The summed E-state index contributed by atoms with van der Waals surface area (Å²) in [5.41, 5.74) is 2.45. The first-order valence-electron chi connectivity index (χ1n) is 5.49. The summed E-state index contributed by atoms with van der Waals surface area (Å²) in [6.45, 7) is -0.120. The van der Waals surface area contributed by atoms with Crippen molar-refractivity contribution in [2.24, 2.45) is 0 Å². The molecule has 1 atom stereocenters. The standard InChI is InChI=1S/C14H15NO2/c16-10-15-13-8-4-7-12(9-13)14(17)11-5-2-1-3-6-11/h1-9,14-17H,10H2. The fraction of sp³-hybridized carbons (Fsp3) is 0.143. The molecule has 17 heavy (non-hydrogen) atoms. The molecule has 0 fully saturated rings. The second kappa shape index (κ2) is 5.48. The van der Waals surface area contributed by atoms with Gasteiger partial charge >= 0.3 is 0 Å². The number of anilines is 1. The predicted molar refractivity (Wildman–Crippen MR) is 67.7 cm³/mol. The molecule has 3 N–H and O–H groups in total. The molecule has 2 rings (SSSR count). The van der Waals surface area contributed by atoms with Gasteiger partial charge in [0.25, 0.3) is 0 Å². The summed E-state index contributed by atoms with van der Waals surface area (Å²) in [5.74, 6) is 0. The van der Waals surface area contributed by atoms with E-state index in [1.165, 1.54) is 0 Å². The van der Waals surface area contributed by atoms with Gasteiger partial charge in [-0.25, -0.2) is 0 Å². The lowest BCUT2D eigenvalue weighted by atomic mass is 10.0. The number of hydrogen-bond donors (Lipinski definition) is 3. The highest BCUT2D eigenvalue weighted by Crippen LogP contribution is 2.23. The lowest BCUT2D eigenvalue weighted by Crippen LogP contribution is -2.03. The average molecular weight is 229 g/mol. The van der Waals surface area contributed by atoms with Crippen LogP contribution in [-0.2, 0) is 0 Å². The molecule has 0 aliphatic carbocycles. The Labute approximate surface area is 100 Å². The van der Waals surface area contributed by atoms with Gasteiger partial charge in [-0.1, -0.05) is 42.5 Å². The molecule has 0 aliphatic rings. The Balaban J connectivity index is 2.25. The maximum atomic E-state index is 10.2. The van der Waals surface area contributed by atoms with Crippen LogP contribution in [0.2, 0.25) is 0 Å². The van der Waals surface area contributed by atoms with E-state index in [1.54, 1.807) is 0 Å². The van der Waals surface area contributed by atoms with Gasteiger partial charge in [-0.2, -0.15) is 0 Å². The normalized spacial score (nSPS) is 12.1. The minimum absolute atomic E-state index is 0.120. The minimum Gasteiger partial charge on any atom is -0.384 e. The Morgan fingerprint density at radius 3 is 2.35 bits per heavy atom. The zero-order chi connectivity index (χ0) is 12.1. The first kappa shape index (κ1) is 11.6. The van der Waals surface area contributed by atoms with E-state index in [1.807, 2.05) is 54.6 Å². The number of aliphatic hydroxyl groups excluding tert-OH is 2. The van der Waals surface area contributed by atoms with Crippen molar-refractivity contribution in [2.75, 3.05) is 12.0 Å². The zero-order valence-electron chi connectivity index (χ0n) is 9.38. The van der Waals surface area contributed by atoms with Crippen molar-refractivity contribution < 1.29 is 10.2 Å². The first-order chi connectivity index (χ1) is 8.31. The fourth-order valence-corrected chi connectivity index (χ4v) is 1.74. The van der Waals surface area contributed by atoms with E-state index in [9.17, 15) is 5.11 Å². The number of benzene rings is 2. The molecule has 2 aromatic rings. The third kappa shape index (κ3) is 2.84. The van der Waals surface area contributed by atoms with Crippen molar-refractivity contribution in [3.05, 3.63) is 65.7 Å². The van der Waals surface area contributed by atoms with Gasteiger partial charge < -0.3 is 15.5 Å². The van der Waals surface area contributed by atoms with Crippen molar-refractivity contribution in [1.29, 1.82) is 0 Å². The van der Waals surface area contributed by atoms with Crippen LogP contribution in [0.5, 0.6) is 0 Å². The highest BCUT2D eigenvalue weighted by atomic mass is 16.3. The Bertz CT molecular complexity index is 471. The molecule has 3 nitrogen and oxygen atoms in total.